The molecule has 1 aromatic carbocycles. The predicted octanol–water partition coefficient (Wildman–Crippen LogP) is 0.802. The average molecular weight is 390 g/mol. The topological polar surface area (TPSA) is 99.8 Å². The van der Waals surface area contributed by atoms with Crippen molar-refractivity contribution < 1.29 is 19.1 Å². The highest BCUT2D eigenvalue weighted by atomic mass is 16.6. The number of carbonyl (C=O) groups is 3. The minimum absolute atomic E-state index is 0.127. The molecule has 28 heavy (non-hydrogen) atoms. The zero-order chi connectivity index (χ0) is 20.6. The van der Waals surface area contributed by atoms with Crippen molar-refractivity contribution in [3.8, 4) is 0 Å². The Hall–Kier alpha value is -2.61. The van der Waals surface area contributed by atoms with E-state index >= 15 is 0 Å². The van der Waals surface area contributed by atoms with E-state index in [-0.39, 0.29) is 19.0 Å². The van der Waals surface area contributed by atoms with E-state index in [0.29, 0.717) is 6.54 Å². The number of rotatable bonds is 7. The van der Waals surface area contributed by atoms with Crippen molar-refractivity contribution in [1.29, 1.82) is 0 Å². The first-order valence-electron chi connectivity index (χ1n) is 9.52. The molecule has 1 aliphatic rings. The molecule has 0 bridgehead atoms. The lowest BCUT2D eigenvalue weighted by Gasteiger charge is -2.28. The number of ether oxygens (including phenoxy) is 1. The summed E-state index contributed by atoms with van der Waals surface area (Å²) in [6, 6.07) is 8.41. The summed E-state index contributed by atoms with van der Waals surface area (Å²) in [5.74, 6) is -0.711. The van der Waals surface area contributed by atoms with Crippen molar-refractivity contribution >= 4 is 17.9 Å². The van der Waals surface area contributed by atoms with Crippen LogP contribution in [0, 0.1) is 0 Å². The first-order valence-corrected chi connectivity index (χ1v) is 9.52. The molecule has 1 aliphatic heterocycles. The summed E-state index contributed by atoms with van der Waals surface area (Å²) in [5, 5.41) is 7.61. The number of carbonyl (C=O) groups excluding carboxylic acids is 3. The summed E-state index contributed by atoms with van der Waals surface area (Å²) >= 11 is 0. The van der Waals surface area contributed by atoms with Crippen molar-refractivity contribution in [2.75, 3.05) is 32.7 Å². The van der Waals surface area contributed by atoms with Crippen LogP contribution in [0.2, 0.25) is 0 Å². The molecule has 8 nitrogen and oxygen atoms in total. The molecule has 3 N–H and O–H groups in total. The van der Waals surface area contributed by atoms with Crippen LogP contribution in [0.3, 0.4) is 0 Å². The molecule has 0 aromatic heterocycles. The smallest absolute Gasteiger partial charge is 0.408 e. The number of nitrogens with zero attached hydrogens (tertiary/aromatic N) is 1. The van der Waals surface area contributed by atoms with Gasteiger partial charge < -0.3 is 20.7 Å². The van der Waals surface area contributed by atoms with E-state index < -0.39 is 17.6 Å². The first-order chi connectivity index (χ1) is 13.2. The molecule has 0 atom stereocenters. The zero-order valence-electron chi connectivity index (χ0n) is 16.8. The number of fused-ring (bicyclic) bond motifs is 1. The van der Waals surface area contributed by atoms with Crippen LogP contribution in [0.25, 0.3) is 0 Å². The van der Waals surface area contributed by atoms with Crippen LogP contribution in [0.15, 0.2) is 24.3 Å². The summed E-state index contributed by atoms with van der Waals surface area (Å²) in [6.45, 7) is 7.98. The Morgan fingerprint density at radius 2 is 1.64 bits per heavy atom. The van der Waals surface area contributed by atoms with Crippen molar-refractivity contribution in [2.45, 2.75) is 39.3 Å². The van der Waals surface area contributed by atoms with Gasteiger partial charge in [0.05, 0.1) is 6.54 Å². The van der Waals surface area contributed by atoms with Gasteiger partial charge in [0.2, 0.25) is 11.8 Å². The molecular formula is C20H30N4O4. The third-order valence-electron chi connectivity index (χ3n) is 4.20. The molecule has 0 spiro atoms. The monoisotopic (exact) mass is 390 g/mol. The van der Waals surface area contributed by atoms with E-state index in [1.54, 1.807) is 20.8 Å². The molecule has 154 valence electrons. The second kappa shape index (κ2) is 10.1. The van der Waals surface area contributed by atoms with E-state index in [2.05, 4.69) is 39.0 Å². The summed E-state index contributed by atoms with van der Waals surface area (Å²) in [4.78, 5) is 37.3. The van der Waals surface area contributed by atoms with Crippen LogP contribution in [0.4, 0.5) is 4.79 Å². The van der Waals surface area contributed by atoms with Gasteiger partial charge in [0.25, 0.3) is 0 Å². The Labute approximate surface area is 166 Å². The van der Waals surface area contributed by atoms with Gasteiger partial charge in [-0.05, 0) is 38.3 Å². The van der Waals surface area contributed by atoms with Crippen molar-refractivity contribution in [1.82, 2.24) is 20.9 Å². The molecule has 0 aliphatic carbocycles. The van der Waals surface area contributed by atoms with Crippen molar-refractivity contribution in [3.05, 3.63) is 35.4 Å². The molecule has 0 radical (unpaired) electrons. The van der Waals surface area contributed by atoms with Gasteiger partial charge in [0, 0.05) is 26.2 Å². The van der Waals surface area contributed by atoms with E-state index in [0.717, 1.165) is 26.1 Å². The SMILES string of the molecule is CC(C)(C)OC(=O)NCC(=O)NCC(=O)NCCN1CCc2ccccc2C1. The molecule has 0 saturated carbocycles. The second-order valence-electron chi connectivity index (χ2n) is 7.78. The normalized spacial score (nSPS) is 14.0. The molecule has 1 aromatic rings. The van der Waals surface area contributed by atoms with E-state index in [1.807, 2.05) is 6.07 Å². The van der Waals surface area contributed by atoms with Crippen molar-refractivity contribution in [3.63, 3.8) is 0 Å². The fraction of sp³-hybridized carbons (Fsp3) is 0.550. The van der Waals surface area contributed by atoms with Gasteiger partial charge in [-0.15, -0.1) is 0 Å². The molecule has 1 heterocycles. The van der Waals surface area contributed by atoms with Gasteiger partial charge in [-0.25, -0.2) is 4.79 Å². The molecule has 8 heteroatoms. The van der Waals surface area contributed by atoms with Crippen molar-refractivity contribution in [2.24, 2.45) is 0 Å². The van der Waals surface area contributed by atoms with Gasteiger partial charge in [-0.2, -0.15) is 0 Å². The highest BCUT2D eigenvalue weighted by molar-refractivity contribution is 5.87. The molecular weight excluding hydrogens is 360 g/mol. The van der Waals surface area contributed by atoms with Gasteiger partial charge in [-0.3, -0.25) is 14.5 Å². The molecule has 0 unspecified atom stereocenters. The highest BCUT2D eigenvalue weighted by Crippen LogP contribution is 2.17. The van der Waals surface area contributed by atoms with Crippen LogP contribution in [0.5, 0.6) is 0 Å². The summed E-state index contributed by atoms with van der Waals surface area (Å²) in [7, 11) is 0. The van der Waals surface area contributed by atoms with E-state index in [1.165, 1.54) is 11.1 Å². The Morgan fingerprint density at radius 1 is 1.00 bits per heavy atom. The Bertz CT molecular complexity index is 700. The molecule has 0 fully saturated rings. The summed E-state index contributed by atoms with van der Waals surface area (Å²) in [6.07, 6.45) is 0.348. The third-order valence-corrected chi connectivity index (χ3v) is 4.20. The van der Waals surface area contributed by atoms with Gasteiger partial charge >= 0.3 is 6.09 Å². The Balaban J connectivity index is 1.56. The lowest BCUT2D eigenvalue weighted by molar-refractivity contribution is -0.125. The summed E-state index contributed by atoms with van der Waals surface area (Å²) < 4.78 is 5.03. The highest BCUT2D eigenvalue weighted by Gasteiger charge is 2.17. The largest absolute Gasteiger partial charge is 0.444 e. The van der Waals surface area contributed by atoms with E-state index in [4.69, 9.17) is 4.74 Å². The number of nitrogens with one attached hydrogen (secondary N) is 3. The predicted molar refractivity (Wildman–Crippen MR) is 106 cm³/mol. The lowest BCUT2D eigenvalue weighted by atomic mass is 10.00. The second-order valence-corrected chi connectivity index (χ2v) is 7.78. The van der Waals surface area contributed by atoms with E-state index in [9.17, 15) is 14.4 Å². The molecule has 3 amide bonds. The number of hydrogen-bond acceptors (Lipinski definition) is 5. The number of hydrogen-bond donors (Lipinski definition) is 3. The Kier molecular flexibility index (Phi) is 7.80. The molecule has 2 rings (SSSR count). The van der Waals surface area contributed by atoms with Gasteiger partial charge in [-0.1, -0.05) is 24.3 Å². The summed E-state index contributed by atoms with van der Waals surface area (Å²) in [5.41, 5.74) is 2.10. The van der Waals surface area contributed by atoms with Crippen LogP contribution >= 0.6 is 0 Å². The quantitative estimate of drug-likeness (QED) is 0.640. The average Bonchev–Trinajstić information content (AvgIpc) is 2.63. The van der Waals surface area contributed by atoms with Crippen LogP contribution in [-0.2, 0) is 27.3 Å². The maximum Gasteiger partial charge on any atom is 0.408 e. The number of amides is 3. The number of benzene rings is 1. The lowest BCUT2D eigenvalue weighted by Crippen LogP contribution is -2.44. The van der Waals surface area contributed by atoms with Gasteiger partial charge in [0.15, 0.2) is 0 Å². The van der Waals surface area contributed by atoms with Gasteiger partial charge in [0.1, 0.15) is 12.1 Å². The Morgan fingerprint density at radius 3 is 2.36 bits per heavy atom. The fourth-order valence-corrected chi connectivity index (χ4v) is 2.87. The zero-order valence-corrected chi connectivity index (χ0v) is 16.8. The minimum atomic E-state index is -0.671. The minimum Gasteiger partial charge on any atom is -0.444 e. The first kappa shape index (κ1) is 21.7. The number of alkyl carbamates (subject to hydrolysis) is 1. The third kappa shape index (κ3) is 7.96. The van der Waals surface area contributed by atoms with Crippen LogP contribution in [-0.4, -0.2) is 61.1 Å². The molecule has 0 saturated heterocycles. The maximum atomic E-state index is 11.9. The fourth-order valence-electron chi connectivity index (χ4n) is 2.87. The standard InChI is InChI=1S/C20H30N4O4/c1-20(2,3)28-19(27)23-13-18(26)22-12-17(25)21-9-11-24-10-8-15-6-4-5-7-16(15)14-24/h4-7H,8-14H2,1-3H3,(H,21,25)(H,22,26)(H,23,27). The van der Waals surface area contributed by atoms with Crippen LogP contribution < -0.4 is 16.0 Å². The van der Waals surface area contributed by atoms with Crippen LogP contribution in [0.1, 0.15) is 31.9 Å². The maximum absolute atomic E-state index is 11.9.